The van der Waals surface area contributed by atoms with Gasteiger partial charge in [0.05, 0.1) is 20.4 Å². The predicted octanol–water partition coefficient (Wildman–Crippen LogP) is 8.51. The fraction of sp³-hybridized carbons (Fsp3) is 0. The van der Waals surface area contributed by atoms with Gasteiger partial charge in [-0.05, 0) is 84.9 Å². The number of ether oxygens (including phenoxy) is 1. The van der Waals surface area contributed by atoms with Crippen LogP contribution in [0.1, 0.15) is 20.7 Å². The van der Waals surface area contributed by atoms with Gasteiger partial charge >= 0.3 is 0 Å². The first-order valence-corrected chi connectivity index (χ1v) is 13.9. The first-order valence-electron chi connectivity index (χ1n) is 11.5. The highest BCUT2D eigenvalue weighted by atomic mass is 35.5. The number of amides is 2. The Labute approximate surface area is 240 Å². The van der Waals surface area contributed by atoms with Crippen LogP contribution in [0, 0.1) is 0 Å². The van der Waals surface area contributed by atoms with Gasteiger partial charge in [0.2, 0.25) is 0 Å². The van der Waals surface area contributed by atoms with Crippen LogP contribution < -0.4 is 15.4 Å². The number of benzene rings is 4. The highest BCUT2D eigenvalue weighted by Gasteiger charge is 2.13. The lowest BCUT2D eigenvalue weighted by atomic mass is 10.2. The highest BCUT2D eigenvalue weighted by molar-refractivity contribution is 7.22. The Morgan fingerprint density at radius 2 is 1.03 bits per heavy atom. The normalized spacial score (nSPS) is 11.0. The summed E-state index contributed by atoms with van der Waals surface area (Å²) in [6.45, 7) is 0. The van der Waals surface area contributed by atoms with Gasteiger partial charge in [0, 0.05) is 21.2 Å². The molecule has 0 aliphatic heterocycles. The summed E-state index contributed by atoms with van der Waals surface area (Å²) in [5.41, 5.74) is 2.47. The molecule has 0 aliphatic carbocycles. The van der Waals surface area contributed by atoms with E-state index < -0.39 is 0 Å². The van der Waals surface area contributed by atoms with E-state index in [1.54, 1.807) is 60.7 Å². The van der Waals surface area contributed by atoms with Crippen molar-refractivity contribution in [3.63, 3.8) is 0 Å². The Kier molecular flexibility index (Phi) is 6.88. The lowest BCUT2D eigenvalue weighted by Crippen LogP contribution is -2.11. The Morgan fingerprint density at radius 1 is 0.615 bits per heavy atom. The van der Waals surface area contributed by atoms with Crippen molar-refractivity contribution in [2.24, 2.45) is 0 Å². The molecular weight excluding hydrogens is 575 g/mol. The number of anilines is 2. The molecule has 2 amide bonds. The molecule has 0 aliphatic rings. The van der Waals surface area contributed by atoms with Gasteiger partial charge in [-0.3, -0.25) is 20.2 Å². The van der Waals surface area contributed by atoms with Crippen molar-refractivity contribution < 1.29 is 14.3 Å². The van der Waals surface area contributed by atoms with Crippen molar-refractivity contribution in [3.05, 3.63) is 106 Å². The second kappa shape index (κ2) is 10.6. The lowest BCUT2D eigenvalue weighted by Gasteiger charge is -2.08. The molecular formula is C28H16Cl2N4O3S2. The number of hydrogen-bond acceptors (Lipinski definition) is 7. The van der Waals surface area contributed by atoms with E-state index in [0.29, 0.717) is 42.9 Å². The first-order chi connectivity index (χ1) is 18.9. The molecule has 0 saturated carbocycles. The zero-order chi connectivity index (χ0) is 26.9. The van der Waals surface area contributed by atoms with Gasteiger partial charge in [-0.1, -0.05) is 45.9 Å². The van der Waals surface area contributed by atoms with Gasteiger partial charge in [0.25, 0.3) is 11.8 Å². The Morgan fingerprint density at radius 3 is 1.44 bits per heavy atom. The average molecular weight is 592 g/mol. The van der Waals surface area contributed by atoms with Gasteiger partial charge in [-0.25, -0.2) is 9.97 Å². The standard InChI is InChI=1S/C28H16Cl2N4O3S2/c29-17-5-11-21-23(13-17)38-27(31-21)33-25(35)15-1-7-19(8-2-15)37-20-9-3-16(4-10-20)26(36)34-28-32-22-12-6-18(30)14-24(22)39-28/h1-14H,(H,31,33,35)(H,32,34,36). The van der Waals surface area contributed by atoms with Gasteiger partial charge in [-0.2, -0.15) is 0 Å². The van der Waals surface area contributed by atoms with Crippen LogP contribution in [0.2, 0.25) is 10.0 Å². The van der Waals surface area contributed by atoms with Crippen LogP contribution in [-0.2, 0) is 0 Å². The lowest BCUT2D eigenvalue weighted by molar-refractivity contribution is 0.101. The molecule has 0 saturated heterocycles. The largest absolute Gasteiger partial charge is 0.457 e. The summed E-state index contributed by atoms with van der Waals surface area (Å²) in [6.07, 6.45) is 0. The second-order valence-corrected chi connectivity index (χ2v) is 11.3. The Balaban J connectivity index is 1.07. The van der Waals surface area contributed by atoms with Crippen molar-refractivity contribution in [2.45, 2.75) is 0 Å². The van der Waals surface area contributed by atoms with Crippen molar-refractivity contribution in [3.8, 4) is 11.5 Å². The van der Waals surface area contributed by atoms with E-state index >= 15 is 0 Å². The van der Waals surface area contributed by atoms with Crippen LogP contribution in [-0.4, -0.2) is 21.8 Å². The summed E-state index contributed by atoms with van der Waals surface area (Å²) in [6, 6.07) is 24.3. The monoisotopic (exact) mass is 590 g/mol. The first kappa shape index (κ1) is 25.3. The molecule has 2 heterocycles. The minimum absolute atomic E-state index is 0.279. The molecule has 0 radical (unpaired) electrons. The smallest absolute Gasteiger partial charge is 0.257 e. The summed E-state index contributed by atoms with van der Waals surface area (Å²) in [7, 11) is 0. The van der Waals surface area contributed by atoms with E-state index in [1.807, 2.05) is 24.3 Å². The van der Waals surface area contributed by atoms with E-state index in [1.165, 1.54) is 22.7 Å². The Bertz CT molecular complexity index is 1720. The van der Waals surface area contributed by atoms with Crippen molar-refractivity contribution >= 4 is 88.4 Å². The minimum Gasteiger partial charge on any atom is -0.457 e. The molecule has 0 spiro atoms. The number of nitrogens with zero attached hydrogens (tertiary/aromatic N) is 2. The molecule has 6 rings (SSSR count). The highest BCUT2D eigenvalue weighted by Crippen LogP contribution is 2.30. The number of nitrogens with one attached hydrogen (secondary N) is 2. The number of carbonyl (C=O) groups is 2. The minimum atomic E-state index is -0.279. The van der Waals surface area contributed by atoms with Crippen LogP contribution in [0.25, 0.3) is 20.4 Å². The summed E-state index contributed by atoms with van der Waals surface area (Å²) < 4.78 is 7.67. The average Bonchev–Trinajstić information content (AvgIpc) is 3.51. The topological polar surface area (TPSA) is 93.2 Å². The van der Waals surface area contributed by atoms with Crippen molar-refractivity contribution in [1.29, 1.82) is 0 Å². The van der Waals surface area contributed by atoms with Crippen LogP contribution in [0.4, 0.5) is 10.3 Å². The number of rotatable bonds is 6. The third-order valence-corrected chi connectivity index (χ3v) is 7.95. The van der Waals surface area contributed by atoms with Gasteiger partial charge in [0.1, 0.15) is 11.5 Å². The molecule has 0 atom stereocenters. The maximum atomic E-state index is 12.7. The molecule has 0 bridgehead atoms. The van der Waals surface area contributed by atoms with E-state index in [4.69, 9.17) is 27.9 Å². The zero-order valence-electron chi connectivity index (χ0n) is 19.8. The number of thiazole rings is 2. The fourth-order valence-electron chi connectivity index (χ4n) is 3.73. The van der Waals surface area contributed by atoms with Crippen molar-refractivity contribution in [1.82, 2.24) is 9.97 Å². The molecule has 2 N–H and O–H groups in total. The molecule has 0 unspecified atom stereocenters. The number of fused-ring (bicyclic) bond motifs is 2. The fourth-order valence-corrected chi connectivity index (χ4v) is 6.00. The Hall–Kier alpha value is -4.02. The predicted molar refractivity (Wildman–Crippen MR) is 158 cm³/mol. The maximum absolute atomic E-state index is 12.7. The van der Waals surface area contributed by atoms with Crippen LogP contribution in [0.5, 0.6) is 11.5 Å². The molecule has 4 aromatic carbocycles. The second-order valence-electron chi connectivity index (χ2n) is 8.32. The van der Waals surface area contributed by atoms with Gasteiger partial charge < -0.3 is 4.74 Å². The van der Waals surface area contributed by atoms with E-state index in [-0.39, 0.29) is 11.8 Å². The van der Waals surface area contributed by atoms with E-state index in [9.17, 15) is 9.59 Å². The molecule has 11 heteroatoms. The third-order valence-electron chi connectivity index (χ3n) is 5.61. The summed E-state index contributed by atoms with van der Waals surface area (Å²) in [5.74, 6) is 0.537. The van der Waals surface area contributed by atoms with Gasteiger partial charge in [0.15, 0.2) is 10.3 Å². The van der Waals surface area contributed by atoms with Crippen LogP contribution >= 0.6 is 45.9 Å². The summed E-state index contributed by atoms with van der Waals surface area (Å²) >= 11 is 14.8. The number of aromatic nitrogens is 2. The summed E-state index contributed by atoms with van der Waals surface area (Å²) in [5, 5.41) is 7.86. The molecule has 39 heavy (non-hydrogen) atoms. The van der Waals surface area contributed by atoms with Gasteiger partial charge in [-0.15, -0.1) is 0 Å². The van der Waals surface area contributed by atoms with E-state index in [2.05, 4.69) is 20.6 Å². The number of hydrogen-bond donors (Lipinski definition) is 2. The number of halogens is 2. The molecule has 0 fully saturated rings. The molecule has 6 aromatic rings. The zero-order valence-corrected chi connectivity index (χ0v) is 22.9. The SMILES string of the molecule is O=C(Nc1nc2ccc(Cl)cc2s1)c1ccc(Oc2ccc(C(=O)Nc3nc4ccc(Cl)cc4s3)cc2)cc1. The third kappa shape index (κ3) is 5.71. The van der Waals surface area contributed by atoms with Crippen LogP contribution in [0.15, 0.2) is 84.9 Å². The number of carbonyl (C=O) groups excluding carboxylic acids is 2. The quantitative estimate of drug-likeness (QED) is 0.203. The molecule has 7 nitrogen and oxygen atoms in total. The van der Waals surface area contributed by atoms with E-state index in [0.717, 1.165) is 20.4 Å². The van der Waals surface area contributed by atoms with Crippen LogP contribution in [0.3, 0.4) is 0 Å². The summed E-state index contributed by atoms with van der Waals surface area (Å²) in [4.78, 5) is 34.2. The molecule has 192 valence electrons. The molecule has 2 aromatic heterocycles. The van der Waals surface area contributed by atoms with Crippen molar-refractivity contribution in [2.75, 3.05) is 10.6 Å². The maximum Gasteiger partial charge on any atom is 0.257 e.